The van der Waals surface area contributed by atoms with E-state index in [2.05, 4.69) is 10.1 Å². The van der Waals surface area contributed by atoms with E-state index in [1.54, 1.807) is 17.5 Å². The molecule has 0 aliphatic rings. The third kappa shape index (κ3) is 1.27. The van der Waals surface area contributed by atoms with Crippen molar-refractivity contribution in [1.82, 2.24) is 14.5 Å². The monoisotopic (exact) mass is 234 g/mol. The van der Waals surface area contributed by atoms with Crippen LogP contribution < -0.4 is 5.73 Å². The van der Waals surface area contributed by atoms with Crippen LogP contribution in [0.1, 0.15) is 11.3 Å². The molecule has 0 aliphatic carbocycles. The van der Waals surface area contributed by atoms with E-state index in [1.165, 1.54) is 0 Å². The first-order chi connectivity index (χ1) is 7.79. The second-order valence-electron chi connectivity index (χ2n) is 3.55. The predicted octanol–water partition coefficient (Wildman–Crippen LogP) is 1.82. The fraction of sp³-hybridized carbons (Fsp3) is 0.200. The van der Waals surface area contributed by atoms with E-state index in [0.29, 0.717) is 6.54 Å². The van der Waals surface area contributed by atoms with Crippen LogP contribution >= 0.6 is 11.3 Å². The first-order valence-corrected chi connectivity index (χ1v) is 5.74. The number of nitrogens with two attached hydrogens (primary N) is 1. The molecular weight excluding hydrogens is 224 g/mol. The maximum Gasteiger partial charge on any atom is 0.194 e. The lowest BCUT2D eigenvalue weighted by Crippen LogP contribution is -1.98. The SMILES string of the molecule is Cc1cnoc1-c1cn2c(CN)csc2n1. The third-order valence-electron chi connectivity index (χ3n) is 2.47. The lowest BCUT2D eigenvalue weighted by molar-refractivity contribution is 0.431. The summed E-state index contributed by atoms with van der Waals surface area (Å²) in [6.45, 7) is 2.45. The first kappa shape index (κ1) is 9.56. The number of aromatic nitrogens is 3. The summed E-state index contributed by atoms with van der Waals surface area (Å²) in [6.07, 6.45) is 3.62. The van der Waals surface area contributed by atoms with Gasteiger partial charge in [0.25, 0.3) is 0 Å². The van der Waals surface area contributed by atoms with Crippen molar-refractivity contribution in [2.75, 3.05) is 0 Å². The quantitative estimate of drug-likeness (QED) is 0.734. The Kier molecular flexibility index (Phi) is 2.05. The van der Waals surface area contributed by atoms with Gasteiger partial charge in [0.1, 0.15) is 5.69 Å². The fourth-order valence-corrected chi connectivity index (χ4v) is 2.51. The van der Waals surface area contributed by atoms with Gasteiger partial charge in [-0.2, -0.15) is 0 Å². The summed E-state index contributed by atoms with van der Waals surface area (Å²) in [7, 11) is 0. The van der Waals surface area contributed by atoms with Crippen molar-refractivity contribution in [1.29, 1.82) is 0 Å². The molecule has 0 aromatic carbocycles. The third-order valence-corrected chi connectivity index (χ3v) is 3.36. The van der Waals surface area contributed by atoms with Gasteiger partial charge < -0.3 is 10.3 Å². The molecule has 0 saturated heterocycles. The van der Waals surface area contributed by atoms with E-state index in [-0.39, 0.29) is 0 Å². The van der Waals surface area contributed by atoms with Gasteiger partial charge in [0.15, 0.2) is 10.7 Å². The molecule has 2 N–H and O–H groups in total. The zero-order valence-electron chi connectivity index (χ0n) is 8.67. The van der Waals surface area contributed by atoms with Crippen LogP contribution in [-0.4, -0.2) is 14.5 Å². The molecule has 0 fully saturated rings. The van der Waals surface area contributed by atoms with Crippen LogP contribution in [0.3, 0.4) is 0 Å². The molecule has 5 nitrogen and oxygen atoms in total. The van der Waals surface area contributed by atoms with Crippen LogP contribution in [0.5, 0.6) is 0 Å². The molecule has 3 aromatic rings. The van der Waals surface area contributed by atoms with Crippen LogP contribution in [0.15, 0.2) is 22.3 Å². The molecule has 0 radical (unpaired) electrons. The van der Waals surface area contributed by atoms with Crippen LogP contribution in [0.4, 0.5) is 0 Å². The average molecular weight is 234 g/mol. The van der Waals surface area contributed by atoms with Crippen molar-refractivity contribution in [3.05, 3.63) is 29.0 Å². The Hall–Kier alpha value is -1.66. The Labute approximate surface area is 95.5 Å². The smallest absolute Gasteiger partial charge is 0.194 e. The van der Waals surface area contributed by atoms with Gasteiger partial charge in [0, 0.05) is 29.4 Å². The molecule has 0 spiro atoms. The number of hydrogen-bond donors (Lipinski definition) is 1. The van der Waals surface area contributed by atoms with Crippen LogP contribution in [0, 0.1) is 6.92 Å². The number of fused-ring (bicyclic) bond motifs is 1. The van der Waals surface area contributed by atoms with Crippen molar-refractivity contribution >= 4 is 16.3 Å². The van der Waals surface area contributed by atoms with Gasteiger partial charge in [0.05, 0.1) is 6.20 Å². The number of aryl methyl sites for hydroxylation is 1. The maximum atomic E-state index is 5.64. The van der Waals surface area contributed by atoms with E-state index in [1.807, 2.05) is 22.9 Å². The maximum absolute atomic E-state index is 5.64. The van der Waals surface area contributed by atoms with Crippen molar-refractivity contribution in [2.24, 2.45) is 5.73 Å². The topological polar surface area (TPSA) is 69.3 Å². The van der Waals surface area contributed by atoms with Gasteiger partial charge in [-0.25, -0.2) is 4.98 Å². The number of imidazole rings is 1. The summed E-state index contributed by atoms with van der Waals surface area (Å²) in [4.78, 5) is 5.40. The highest BCUT2D eigenvalue weighted by atomic mass is 32.1. The molecule has 3 heterocycles. The molecule has 0 unspecified atom stereocenters. The van der Waals surface area contributed by atoms with E-state index in [9.17, 15) is 0 Å². The Morgan fingerprint density at radius 3 is 3.12 bits per heavy atom. The van der Waals surface area contributed by atoms with E-state index < -0.39 is 0 Å². The Morgan fingerprint density at radius 1 is 1.56 bits per heavy atom. The molecule has 16 heavy (non-hydrogen) atoms. The number of rotatable bonds is 2. The molecule has 3 rings (SSSR count). The molecule has 0 amide bonds. The zero-order valence-corrected chi connectivity index (χ0v) is 9.49. The molecule has 3 aromatic heterocycles. The summed E-state index contributed by atoms with van der Waals surface area (Å²) in [5.74, 6) is 0.721. The van der Waals surface area contributed by atoms with Crippen LogP contribution in [-0.2, 0) is 6.54 Å². The molecule has 6 heteroatoms. The lowest BCUT2D eigenvalue weighted by Gasteiger charge is -1.91. The molecule has 0 bridgehead atoms. The highest BCUT2D eigenvalue weighted by Crippen LogP contribution is 2.25. The summed E-state index contributed by atoms with van der Waals surface area (Å²) >= 11 is 1.57. The Balaban J connectivity index is 2.19. The number of hydrogen-bond acceptors (Lipinski definition) is 5. The standard InChI is InChI=1S/C10H10N4OS/c1-6-3-12-15-9(6)8-4-14-7(2-11)5-16-10(14)13-8/h3-5H,2,11H2,1H3. The van der Waals surface area contributed by atoms with Crippen molar-refractivity contribution in [2.45, 2.75) is 13.5 Å². The number of thiazole rings is 1. The minimum atomic E-state index is 0.505. The largest absolute Gasteiger partial charge is 0.354 e. The fourth-order valence-electron chi connectivity index (χ4n) is 1.62. The van der Waals surface area contributed by atoms with E-state index in [0.717, 1.165) is 27.7 Å². The van der Waals surface area contributed by atoms with E-state index >= 15 is 0 Å². The second kappa shape index (κ2) is 3.43. The summed E-state index contributed by atoms with van der Waals surface area (Å²) < 4.78 is 7.16. The van der Waals surface area contributed by atoms with E-state index in [4.69, 9.17) is 10.3 Å². The molecule has 0 aliphatic heterocycles. The molecular formula is C10H10N4OS. The van der Waals surface area contributed by atoms with Crippen LogP contribution in [0.25, 0.3) is 16.4 Å². The number of nitrogens with zero attached hydrogens (tertiary/aromatic N) is 3. The zero-order chi connectivity index (χ0) is 11.1. The first-order valence-electron chi connectivity index (χ1n) is 4.87. The molecule has 0 saturated carbocycles. The minimum absolute atomic E-state index is 0.505. The molecule has 0 atom stereocenters. The summed E-state index contributed by atoms with van der Waals surface area (Å²) in [6, 6.07) is 0. The van der Waals surface area contributed by atoms with Crippen LogP contribution in [0.2, 0.25) is 0 Å². The summed E-state index contributed by atoms with van der Waals surface area (Å²) in [5.41, 5.74) is 8.48. The van der Waals surface area contributed by atoms with Gasteiger partial charge in [-0.15, -0.1) is 11.3 Å². The average Bonchev–Trinajstić information content (AvgIpc) is 2.90. The molecule has 82 valence electrons. The van der Waals surface area contributed by atoms with Crippen molar-refractivity contribution in [3.63, 3.8) is 0 Å². The van der Waals surface area contributed by atoms with Gasteiger partial charge in [-0.1, -0.05) is 5.16 Å². The lowest BCUT2D eigenvalue weighted by atomic mass is 10.2. The van der Waals surface area contributed by atoms with Gasteiger partial charge >= 0.3 is 0 Å². The van der Waals surface area contributed by atoms with Crippen molar-refractivity contribution in [3.8, 4) is 11.5 Å². The highest BCUT2D eigenvalue weighted by molar-refractivity contribution is 7.15. The van der Waals surface area contributed by atoms with Gasteiger partial charge in [-0.05, 0) is 6.92 Å². The normalized spacial score (nSPS) is 11.4. The predicted molar refractivity (Wildman–Crippen MR) is 61.2 cm³/mol. The Morgan fingerprint density at radius 2 is 2.44 bits per heavy atom. The van der Waals surface area contributed by atoms with Crippen molar-refractivity contribution < 1.29 is 4.52 Å². The summed E-state index contributed by atoms with van der Waals surface area (Å²) in [5, 5.41) is 5.76. The van der Waals surface area contributed by atoms with Gasteiger partial charge in [0.2, 0.25) is 0 Å². The second-order valence-corrected chi connectivity index (χ2v) is 4.38. The minimum Gasteiger partial charge on any atom is -0.354 e. The Bertz CT molecular complexity index is 636. The van der Waals surface area contributed by atoms with Gasteiger partial charge in [-0.3, -0.25) is 4.40 Å². The highest BCUT2D eigenvalue weighted by Gasteiger charge is 2.13.